The first-order chi connectivity index (χ1) is 11.3. The number of carbonyl (C=O) groups excluding carboxylic acids is 1. The maximum absolute atomic E-state index is 12.7. The summed E-state index contributed by atoms with van der Waals surface area (Å²) in [5, 5.41) is 18.3. The average molecular weight is 334 g/mol. The maximum atomic E-state index is 12.7. The van der Waals surface area contributed by atoms with E-state index in [0.29, 0.717) is 11.6 Å². The molecular weight excluding hydrogens is 304 g/mol. The summed E-state index contributed by atoms with van der Waals surface area (Å²) in [5.74, 6) is 0.602. The van der Waals surface area contributed by atoms with Gasteiger partial charge in [-0.25, -0.2) is 4.68 Å². The third kappa shape index (κ3) is 3.08. The summed E-state index contributed by atoms with van der Waals surface area (Å²) in [7, 11) is 0. The van der Waals surface area contributed by atoms with Crippen molar-refractivity contribution in [1.82, 2.24) is 19.9 Å². The van der Waals surface area contributed by atoms with Gasteiger partial charge in [0.2, 0.25) is 5.91 Å². The number of carbonyl (C=O) groups is 1. The molecule has 3 rings (SSSR count). The molecule has 1 aliphatic heterocycles. The zero-order valence-corrected chi connectivity index (χ0v) is 15.3. The standard InChI is InChI=1S/C18H30N4O2/c1-5-18(6-2)11-14(18)16(23)21-9-7-13(8-10-21)22-12-15(19-20-22)17(3,4)24/h12-14,24H,5-11H2,1-4H3/t14-/m1/s1. The topological polar surface area (TPSA) is 71.2 Å². The molecule has 1 saturated heterocycles. The Labute approximate surface area is 144 Å². The minimum Gasteiger partial charge on any atom is -0.384 e. The highest BCUT2D eigenvalue weighted by Gasteiger charge is 2.56. The van der Waals surface area contributed by atoms with Gasteiger partial charge >= 0.3 is 0 Å². The summed E-state index contributed by atoms with van der Waals surface area (Å²) in [6, 6.07) is 0.263. The van der Waals surface area contributed by atoms with Gasteiger partial charge < -0.3 is 10.0 Å². The second-order valence-electron chi connectivity index (χ2n) is 8.03. The Morgan fingerprint density at radius 2 is 1.96 bits per heavy atom. The van der Waals surface area contributed by atoms with Gasteiger partial charge in [0.1, 0.15) is 11.3 Å². The smallest absolute Gasteiger partial charge is 0.226 e. The minimum absolute atomic E-state index is 0.247. The maximum Gasteiger partial charge on any atom is 0.226 e. The molecule has 0 radical (unpaired) electrons. The highest BCUT2D eigenvalue weighted by Crippen LogP contribution is 2.58. The van der Waals surface area contributed by atoms with Crippen LogP contribution in [0.5, 0.6) is 0 Å². The summed E-state index contributed by atoms with van der Waals surface area (Å²) in [5.41, 5.74) is -0.0962. The van der Waals surface area contributed by atoms with Crippen LogP contribution in [0.3, 0.4) is 0 Å². The molecule has 6 heteroatoms. The SMILES string of the molecule is CCC1(CC)C[C@@H]1C(=O)N1CCC(n2cc(C(C)(C)O)nn2)CC1. The molecule has 2 fully saturated rings. The number of piperidine rings is 1. The molecule has 1 saturated carbocycles. The molecule has 134 valence electrons. The first-order valence-electron chi connectivity index (χ1n) is 9.24. The zero-order valence-electron chi connectivity index (χ0n) is 15.3. The summed E-state index contributed by atoms with van der Waals surface area (Å²) in [4.78, 5) is 14.8. The molecule has 24 heavy (non-hydrogen) atoms. The Morgan fingerprint density at radius 3 is 2.42 bits per heavy atom. The minimum atomic E-state index is -0.968. The molecule has 0 unspecified atom stereocenters. The second kappa shape index (κ2) is 6.14. The van der Waals surface area contributed by atoms with E-state index in [1.54, 1.807) is 13.8 Å². The Kier molecular flexibility index (Phi) is 4.45. The summed E-state index contributed by atoms with van der Waals surface area (Å²) in [6.45, 7) is 9.42. The number of hydrogen-bond donors (Lipinski definition) is 1. The average Bonchev–Trinajstić information content (AvgIpc) is 3.08. The van der Waals surface area contributed by atoms with E-state index in [2.05, 4.69) is 24.2 Å². The van der Waals surface area contributed by atoms with E-state index in [4.69, 9.17) is 0 Å². The third-order valence-electron chi connectivity index (χ3n) is 6.18. The third-order valence-corrected chi connectivity index (χ3v) is 6.18. The van der Waals surface area contributed by atoms with Crippen molar-refractivity contribution in [1.29, 1.82) is 0 Å². The number of rotatable bonds is 5. The number of aliphatic hydroxyl groups is 1. The van der Waals surface area contributed by atoms with E-state index < -0.39 is 5.60 Å². The lowest BCUT2D eigenvalue weighted by molar-refractivity contribution is -0.134. The fourth-order valence-corrected chi connectivity index (χ4v) is 4.04. The number of nitrogens with zero attached hydrogens (tertiary/aromatic N) is 4. The monoisotopic (exact) mass is 334 g/mol. The molecule has 1 atom stereocenters. The van der Waals surface area contributed by atoms with Gasteiger partial charge in [0.25, 0.3) is 0 Å². The van der Waals surface area contributed by atoms with Gasteiger partial charge in [0.15, 0.2) is 0 Å². The Balaban J connectivity index is 1.57. The molecule has 1 aromatic rings. The van der Waals surface area contributed by atoms with Crippen LogP contribution in [-0.4, -0.2) is 44.0 Å². The quantitative estimate of drug-likeness (QED) is 0.898. The van der Waals surface area contributed by atoms with Crippen LogP contribution in [0.1, 0.15) is 71.5 Å². The van der Waals surface area contributed by atoms with Crippen molar-refractivity contribution in [2.45, 2.75) is 71.4 Å². The first kappa shape index (κ1) is 17.4. The van der Waals surface area contributed by atoms with Crippen LogP contribution in [0, 0.1) is 11.3 Å². The van der Waals surface area contributed by atoms with Crippen molar-refractivity contribution < 1.29 is 9.90 Å². The van der Waals surface area contributed by atoms with Crippen molar-refractivity contribution in [3.8, 4) is 0 Å². The van der Waals surface area contributed by atoms with Gasteiger partial charge in [-0.2, -0.15) is 0 Å². The van der Waals surface area contributed by atoms with Gasteiger partial charge in [0.05, 0.1) is 12.2 Å². The van der Waals surface area contributed by atoms with Crippen LogP contribution in [-0.2, 0) is 10.4 Å². The molecule has 6 nitrogen and oxygen atoms in total. The summed E-state index contributed by atoms with van der Waals surface area (Å²) in [6.07, 6.45) is 6.92. The van der Waals surface area contributed by atoms with Crippen molar-refractivity contribution in [2.75, 3.05) is 13.1 Å². The van der Waals surface area contributed by atoms with Gasteiger partial charge in [-0.3, -0.25) is 4.79 Å². The predicted molar refractivity (Wildman–Crippen MR) is 91.2 cm³/mol. The van der Waals surface area contributed by atoms with Crippen LogP contribution in [0.15, 0.2) is 6.20 Å². The number of hydrogen-bond acceptors (Lipinski definition) is 4. The number of amides is 1. The summed E-state index contributed by atoms with van der Waals surface area (Å²) < 4.78 is 1.86. The largest absolute Gasteiger partial charge is 0.384 e. The van der Waals surface area contributed by atoms with Crippen LogP contribution in [0.2, 0.25) is 0 Å². The molecule has 1 amide bonds. The molecule has 1 aliphatic carbocycles. The van der Waals surface area contributed by atoms with E-state index in [1.165, 1.54) is 0 Å². The Bertz CT molecular complexity index is 592. The number of likely N-dealkylation sites (tertiary alicyclic amines) is 1. The first-order valence-corrected chi connectivity index (χ1v) is 9.24. The molecule has 2 aliphatic rings. The van der Waals surface area contributed by atoms with Crippen molar-refractivity contribution in [2.24, 2.45) is 11.3 Å². The van der Waals surface area contributed by atoms with Crippen LogP contribution in [0.4, 0.5) is 0 Å². The molecule has 0 bridgehead atoms. The zero-order chi connectivity index (χ0) is 17.5. The lowest BCUT2D eigenvalue weighted by Crippen LogP contribution is -2.40. The van der Waals surface area contributed by atoms with Crippen LogP contribution in [0.25, 0.3) is 0 Å². The van der Waals surface area contributed by atoms with Gasteiger partial charge in [-0.1, -0.05) is 19.1 Å². The van der Waals surface area contributed by atoms with Crippen LogP contribution >= 0.6 is 0 Å². The normalized spacial score (nSPS) is 24.2. The molecule has 0 aromatic carbocycles. The van der Waals surface area contributed by atoms with Crippen LogP contribution < -0.4 is 0 Å². The Hall–Kier alpha value is -1.43. The lowest BCUT2D eigenvalue weighted by atomic mass is 9.96. The molecule has 1 aromatic heterocycles. The van der Waals surface area contributed by atoms with Gasteiger partial charge in [0, 0.05) is 19.0 Å². The van der Waals surface area contributed by atoms with Gasteiger partial charge in [-0.15, -0.1) is 5.10 Å². The van der Waals surface area contributed by atoms with E-state index >= 15 is 0 Å². The van der Waals surface area contributed by atoms with E-state index in [0.717, 1.165) is 45.2 Å². The number of aromatic nitrogens is 3. The molecule has 2 heterocycles. The van der Waals surface area contributed by atoms with Crippen molar-refractivity contribution >= 4 is 5.91 Å². The molecule has 0 spiro atoms. The molecule has 1 N–H and O–H groups in total. The molecular formula is C18H30N4O2. The predicted octanol–water partition coefficient (Wildman–Crippen LogP) is 2.50. The highest BCUT2D eigenvalue weighted by molar-refractivity contribution is 5.82. The van der Waals surface area contributed by atoms with E-state index in [1.807, 2.05) is 15.8 Å². The lowest BCUT2D eigenvalue weighted by Gasteiger charge is -2.32. The second-order valence-corrected chi connectivity index (χ2v) is 8.03. The Morgan fingerprint density at radius 1 is 1.33 bits per heavy atom. The van der Waals surface area contributed by atoms with E-state index in [-0.39, 0.29) is 17.4 Å². The summed E-state index contributed by atoms with van der Waals surface area (Å²) >= 11 is 0. The van der Waals surface area contributed by atoms with Crippen molar-refractivity contribution in [3.63, 3.8) is 0 Å². The van der Waals surface area contributed by atoms with Crippen molar-refractivity contribution in [3.05, 3.63) is 11.9 Å². The fourth-order valence-electron chi connectivity index (χ4n) is 4.04. The highest BCUT2D eigenvalue weighted by atomic mass is 16.3. The van der Waals surface area contributed by atoms with Gasteiger partial charge in [-0.05, 0) is 51.4 Å². The van der Waals surface area contributed by atoms with E-state index in [9.17, 15) is 9.90 Å². The fraction of sp³-hybridized carbons (Fsp3) is 0.833.